The maximum Gasteiger partial charge on any atom is 0.238 e. The number of primary sulfonamides is 1. The van der Waals surface area contributed by atoms with Crippen LogP contribution in [0.3, 0.4) is 0 Å². The lowest BCUT2D eigenvalue weighted by molar-refractivity contribution is 0.0792. The number of fused-ring (bicyclic) bond motifs is 2. The van der Waals surface area contributed by atoms with Gasteiger partial charge in [-0.1, -0.05) is 66.4 Å². The molecule has 0 atom stereocenters. The molecule has 0 radical (unpaired) electrons. The molecule has 60 heavy (non-hydrogen) atoms. The number of nitrogens with one attached hydrogen (secondary N) is 2. The zero-order valence-electron chi connectivity index (χ0n) is 33.6. The molecule has 0 saturated heterocycles. The molecule has 0 bridgehead atoms. The van der Waals surface area contributed by atoms with Gasteiger partial charge in [0.25, 0.3) is 0 Å². The molecule has 2 heterocycles. The number of H-pyrrole nitrogens is 2. The van der Waals surface area contributed by atoms with E-state index in [9.17, 15) is 13.5 Å². The maximum absolute atomic E-state index is 11.9. The van der Waals surface area contributed by atoms with Gasteiger partial charge in [0.05, 0.1) is 45.8 Å². The highest BCUT2D eigenvalue weighted by Gasteiger charge is 2.20. The molecule has 0 fully saturated rings. The van der Waals surface area contributed by atoms with Crippen LogP contribution in [-0.4, -0.2) is 46.7 Å². The Morgan fingerprint density at radius 3 is 1.53 bits per heavy atom. The minimum absolute atomic E-state index is 0.0828. The standard InChI is InChI=1S/C26H24N2O2.C23H19N3O3S/c1-4-30-20-13-9-18(10-14-20)11-16-25-27-23-15-12-19(17-24(23)28-25)21-7-5-6-8-22(21)26(2,3)29;1-2-29-18-11-7-16(8-12-18)9-14-23-25-20-13-10-17(15-21(20)26-23)19-5-3-4-6-22(19)30(24,27)28/h5-10,12-15,17,29H,4H2,1-3H3,(H,27,28);3-8,10-13,15H,2H2,1H3,(H,25,26)(H2,24,27,28). The van der Waals surface area contributed by atoms with Crippen LogP contribution in [0.2, 0.25) is 0 Å². The summed E-state index contributed by atoms with van der Waals surface area (Å²) in [6.45, 7) is 8.77. The van der Waals surface area contributed by atoms with Gasteiger partial charge in [-0.2, -0.15) is 0 Å². The molecule has 0 aliphatic carbocycles. The third-order valence-corrected chi connectivity index (χ3v) is 10.3. The summed E-state index contributed by atoms with van der Waals surface area (Å²) in [5, 5.41) is 15.9. The Kier molecular flexibility index (Phi) is 12.2. The number of hydrogen-bond donors (Lipinski definition) is 4. The Balaban J connectivity index is 0.000000181. The van der Waals surface area contributed by atoms with Crippen LogP contribution < -0.4 is 14.6 Å². The van der Waals surface area contributed by atoms with E-state index in [1.54, 1.807) is 32.0 Å². The van der Waals surface area contributed by atoms with E-state index in [1.165, 1.54) is 6.07 Å². The Morgan fingerprint density at radius 2 is 1.07 bits per heavy atom. The van der Waals surface area contributed by atoms with E-state index in [0.29, 0.717) is 30.4 Å². The molecule has 2 aromatic heterocycles. The highest BCUT2D eigenvalue weighted by Crippen LogP contribution is 2.33. The molecular weight excluding hydrogens is 771 g/mol. The van der Waals surface area contributed by atoms with Gasteiger partial charge in [0.15, 0.2) is 11.6 Å². The molecule has 8 aromatic rings. The first-order valence-electron chi connectivity index (χ1n) is 19.3. The van der Waals surface area contributed by atoms with Crippen LogP contribution in [0, 0.1) is 23.7 Å². The lowest BCUT2D eigenvalue weighted by Gasteiger charge is -2.21. The number of nitrogens with two attached hydrogens (primary N) is 1. The van der Waals surface area contributed by atoms with Crippen LogP contribution in [0.5, 0.6) is 11.5 Å². The second kappa shape index (κ2) is 17.8. The van der Waals surface area contributed by atoms with Crippen LogP contribution in [-0.2, 0) is 15.6 Å². The van der Waals surface area contributed by atoms with Crippen molar-refractivity contribution in [2.75, 3.05) is 13.2 Å². The molecule has 300 valence electrons. The average Bonchev–Trinajstić information content (AvgIpc) is 3.86. The molecule has 8 rings (SSSR count). The zero-order valence-corrected chi connectivity index (χ0v) is 34.4. The number of sulfonamides is 1. The summed E-state index contributed by atoms with van der Waals surface area (Å²) in [5.41, 5.74) is 8.27. The summed E-state index contributed by atoms with van der Waals surface area (Å²) in [4.78, 5) is 15.6. The molecule has 10 nitrogen and oxygen atoms in total. The molecule has 0 unspecified atom stereocenters. The number of benzene rings is 6. The number of rotatable bonds is 8. The predicted octanol–water partition coefficient (Wildman–Crippen LogP) is 8.93. The molecular formula is C49H43N5O5S. The fraction of sp³-hybridized carbons (Fsp3) is 0.143. The Bertz CT molecular complexity index is 3030. The van der Waals surface area contributed by atoms with E-state index in [4.69, 9.17) is 14.6 Å². The molecule has 0 aliphatic heterocycles. The van der Waals surface area contributed by atoms with Gasteiger partial charge in [0.1, 0.15) is 11.5 Å². The van der Waals surface area contributed by atoms with Crippen molar-refractivity contribution in [2.45, 2.75) is 38.2 Å². The lowest BCUT2D eigenvalue weighted by atomic mass is 9.89. The second-order valence-corrected chi connectivity index (χ2v) is 15.7. The van der Waals surface area contributed by atoms with Gasteiger partial charge in [0, 0.05) is 16.7 Å². The highest BCUT2D eigenvalue weighted by molar-refractivity contribution is 7.89. The number of nitrogens with zero attached hydrogens (tertiary/aromatic N) is 2. The number of ether oxygens (including phenoxy) is 2. The largest absolute Gasteiger partial charge is 0.494 e. The summed E-state index contributed by atoms with van der Waals surface area (Å²) in [5.74, 6) is 15.1. The summed E-state index contributed by atoms with van der Waals surface area (Å²) in [6.07, 6.45) is 0. The monoisotopic (exact) mass is 813 g/mol. The Morgan fingerprint density at radius 1 is 0.617 bits per heavy atom. The van der Waals surface area contributed by atoms with Crippen molar-refractivity contribution in [1.29, 1.82) is 0 Å². The molecule has 0 amide bonds. The van der Waals surface area contributed by atoms with Crippen LogP contribution in [0.15, 0.2) is 138 Å². The fourth-order valence-electron chi connectivity index (χ4n) is 6.56. The Hall–Kier alpha value is -7.15. The molecule has 0 saturated carbocycles. The number of imidazole rings is 2. The van der Waals surface area contributed by atoms with Crippen molar-refractivity contribution in [3.63, 3.8) is 0 Å². The molecule has 0 spiro atoms. The van der Waals surface area contributed by atoms with E-state index in [-0.39, 0.29) is 4.90 Å². The maximum atomic E-state index is 11.9. The SMILES string of the molecule is CCOc1ccc(C#Cc2nc3ccc(-c4ccccc4C(C)(C)O)cc3[nH]2)cc1.CCOc1ccc(C#Cc2nc3ccc(-c4ccccc4S(N)(=O)=O)cc3[nH]2)cc1. The third-order valence-electron chi connectivity index (χ3n) is 9.35. The van der Waals surface area contributed by atoms with Crippen molar-refractivity contribution < 1.29 is 23.0 Å². The van der Waals surface area contributed by atoms with Gasteiger partial charge in [0.2, 0.25) is 10.0 Å². The van der Waals surface area contributed by atoms with Crippen LogP contribution >= 0.6 is 0 Å². The van der Waals surface area contributed by atoms with Gasteiger partial charge in [-0.3, -0.25) is 0 Å². The van der Waals surface area contributed by atoms with Gasteiger partial charge >= 0.3 is 0 Å². The van der Waals surface area contributed by atoms with Crippen molar-refractivity contribution in [3.8, 4) is 57.4 Å². The summed E-state index contributed by atoms with van der Waals surface area (Å²) in [6, 6.07) is 41.3. The molecule has 6 aromatic carbocycles. The lowest BCUT2D eigenvalue weighted by Crippen LogP contribution is -2.16. The molecule has 5 N–H and O–H groups in total. The first kappa shape index (κ1) is 41.0. The van der Waals surface area contributed by atoms with Crippen LogP contribution in [0.1, 0.15) is 56.0 Å². The van der Waals surface area contributed by atoms with E-state index in [1.807, 2.05) is 117 Å². The van der Waals surface area contributed by atoms with E-state index in [2.05, 4.69) is 49.7 Å². The van der Waals surface area contributed by atoms with Crippen LogP contribution in [0.25, 0.3) is 44.3 Å². The van der Waals surface area contributed by atoms with E-state index in [0.717, 1.165) is 66.9 Å². The fourth-order valence-corrected chi connectivity index (χ4v) is 7.32. The van der Waals surface area contributed by atoms with Gasteiger partial charge in [-0.15, -0.1) is 0 Å². The number of aromatic nitrogens is 4. The predicted molar refractivity (Wildman–Crippen MR) is 237 cm³/mol. The average molecular weight is 814 g/mol. The summed E-state index contributed by atoms with van der Waals surface area (Å²) >= 11 is 0. The summed E-state index contributed by atoms with van der Waals surface area (Å²) in [7, 11) is -3.83. The second-order valence-electron chi connectivity index (χ2n) is 14.2. The number of aliphatic hydroxyl groups is 1. The topological polar surface area (TPSA) is 156 Å². The Labute approximate surface area is 349 Å². The third kappa shape index (κ3) is 9.92. The van der Waals surface area contributed by atoms with Crippen molar-refractivity contribution in [2.24, 2.45) is 5.14 Å². The summed E-state index contributed by atoms with van der Waals surface area (Å²) < 4.78 is 34.7. The zero-order chi connectivity index (χ0) is 42.3. The van der Waals surface area contributed by atoms with Gasteiger partial charge in [-0.25, -0.2) is 23.5 Å². The minimum atomic E-state index is -3.83. The highest BCUT2D eigenvalue weighted by atomic mass is 32.2. The molecule has 11 heteroatoms. The first-order chi connectivity index (χ1) is 28.9. The van der Waals surface area contributed by atoms with Crippen molar-refractivity contribution >= 4 is 32.1 Å². The van der Waals surface area contributed by atoms with E-state index >= 15 is 0 Å². The number of aromatic amines is 2. The smallest absolute Gasteiger partial charge is 0.238 e. The van der Waals surface area contributed by atoms with Gasteiger partial charge < -0.3 is 24.5 Å². The number of hydrogen-bond acceptors (Lipinski definition) is 7. The van der Waals surface area contributed by atoms with Crippen LogP contribution in [0.4, 0.5) is 0 Å². The minimum Gasteiger partial charge on any atom is -0.494 e. The first-order valence-corrected chi connectivity index (χ1v) is 20.9. The van der Waals surface area contributed by atoms with E-state index < -0.39 is 15.6 Å². The van der Waals surface area contributed by atoms with Gasteiger partial charge in [-0.05, 0) is 141 Å². The van der Waals surface area contributed by atoms with Crippen molar-refractivity contribution in [1.82, 2.24) is 19.9 Å². The van der Waals surface area contributed by atoms with Crippen molar-refractivity contribution in [3.05, 3.63) is 162 Å². The molecule has 0 aliphatic rings. The quantitative estimate of drug-likeness (QED) is 0.112. The normalized spacial score (nSPS) is 11.2.